The second-order valence-electron chi connectivity index (χ2n) is 12.7. The fourth-order valence-corrected chi connectivity index (χ4v) is 6.08. The summed E-state index contributed by atoms with van der Waals surface area (Å²) < 4.78 is 6.00. The lowest BCUT2D eigenvalue weighted by atomic mass is 10.0. The quantitative estimate of drug-likeness (QED) is 0.134. The van der Waals surface area contributed by atoms with Gasteiger partial charge < -0.3 is 35.6 Å². The molecule has 2 saturated heterocycles. The van der Waals surface area contributed by atoms with Crippen molar-refractivity contribution in [3.63, 3.8) is 0 Å². The summed E-state index contributed by atoms with van der Waals surface area (Å²) in [5.41, 5.74) is 1.58. The van der Waals surface area contributed by atoms with Crippen LogP contribution in [0.3, 0.4) is 0 Å². The van der Waals surface area contributed by atoms with E-state index in [2.05, 4.69) is 21.3 Å². The van der Waals surface area contributed by atoms with Crippen LogP contribution in [0.1, 0.15) is 45.1 Å². The Morgan fingerprint density at radius 3 is 2.28 bits per heavy atom. The molecule has 2 fully saturated rings. The zero-order valence-electron chi connectivity index (χ0n) is 26.5. The van der Waals surface area contributed by atoms with Crippen LogP contribution < -0.4 is 21.3 Å². The first-order valence-corrected chi connectivity index (χ1v) is 15.8. The number of rotatable bonds is 14. The van der Waals surface area contributed by atoms with E-state index < -0.39 is 41.7 Å². The predicted molar refractivity (Wildman–Crippen MR) is 166 cm³/mol. The fraction of sp³-hybridized carbons (Fsp3) is 0.562. The van der Waals surface area contributed by atoms with Gasteiger partial charge in [-0.2, -0.15) is 0 Å². The highest BCUT2D eigenvalue weighted by molar-refractivity contribution is 6.13. The van der Waals surface area contributed by atoms with Crippen molar-refractivity contribution in [3.8, 4) is 0 Å². The van der Waals surface area contributed by atoms with Gasteiger partial charge in [0.25, 0.3) is 17.7 Å². The molecule has 46 heavy (non-hydrogen) atoms. The molecule has 6 amide bonds. The maximum atomic E-state index is 12.9. The number of anilines is 1. The van der Waals surface area contributed by atoms with Crippen LogP contribution in [0.15, 0.2) is 36.4 Å². The zero-order chi connectivity index (χ0) is 33.3. The lowest BCUT2D eigenvalue weighted by Gasteiger charge is -2.35. The number of nitrogens with zero attached hydrogens (tertiary/aromatic N) is 2. The van der Waals surface area contributed by atoms with E-state index in [1.807, 2.05) is 12.1 Å². The minimum Gasteiger partial charge on any atom is -0.391 e. The van der Waals surface area contributed by atoms with E-state index in [1.54, 1.807) is 26.0 Å². The van der Waals surface area contributed by atoms with Gasteiger partial charge in [-0.05, 0) is 24.5 Å². The van der Waals surface area contributed by atoms with Gasteiger partial charge in [-0.15, -0.1) is 0 Å². The molecule has 14 nitrogen and oxygen atoms in total. The fourth-order valence-electron chi connectivity index (χ4n) is 6.08. The average molecular weight is 642 g/mol. The molecule has 3 aliphatic rings. The van der Waals surface area contributed by atoms with E-state index in [9.17, 15) is 33.9 Å². The third-order valence-corrected chi connectivity index (χ3v) is 8.45. The Hall–Kier alpha value is -4.14. The van der Waals surface area contributed by atoms with Crippen LogP contribution in [0, 0.1) is 5.92 Å². The van der Waals surface area contributed by atoms with Crippen molar-refractivity contribution in [2.24, 2.45) is 5.92 Å². The van der Waals surface area contributed by atoms with Crippen LogP contribution in [0.5, 0.6) is 0 Å². The lowest BCUT2D eigenvalue weighted by Crippen LogP contribution is -2.54. The number of amides is 6. The van der Waals surface area contributed by atoms with Gasteiger partial charge >= 0.3 is 0 Å². The number of aliphatic hydroxyl groups excluding tert-OH is 1. The van der Waals surface area contributed by atoms with Gasteiger partial charge in [-0.3, -0.25) is 33.7 Å². The third-order valence-electron chi connectivity index (χ3n) is 8.45. The average Bonchev–Trinajstić information content (AvgIpc) is 3.59. The number of carbonyl (C=O) groups is 6. The summed E-state index contributed by atoms with van der Waals surface area (Å²) in [6.07, 6.45) is 4.13. The monoisotopic (exact) mass is 641 g/mol. The molecule has 14 heteroatoms. The highest BCUT2D eigenvalue weighted by Crippen LogP contribution is 2.24. The van der Waals surface area contributed by atoms with Gasteiger partial charge in [0.2, 0.25) is 17.7 Å². The molecule has 0 saturated carbocycles. The van der Waals surface area contributed by atoms with Crippen molar-refractivity contribution in [3.05, 3.63) is 42.0 Å². The van der Waals surface area contributed by atoms with Gasteiger partial charge in [-0.1, -0.05) is 26.0 Å². The highest BCUT2D eigenvalue weighted by Gasteiger charge is 2.35. The Balaban J connectivity index is 1.22. The van der Waals surface area contributed by atoms with Crippen molar-refractivity contribution < 1.29 is 43.1 Å². The molecule has 0 bridgehead atoms. The second-order valence-corrected chi connectivity index (χ2v) is 12.7. The molecular formula is C32H45N6O8+. The van der Waals surface area contributed by atoms with Crippen molar-refractivity contribution in [1.82, 2.24) is 20.9 Å². The number of hydrogen-bond acceptors (Lipinski definition) is 8. The third kappa shape index (κ3) is 9.93. The Bertz CT molecular complexity index is 1310. The Morgan fingerprint density at radius 2 is 1.65 bits per heavy atom. The molecule has 0 radical (unpaired) electrons. The van der Waals surface area contributed by atoms with Crippen LogP contribution >= 0.6 is 0 Å². The minimum absolute atomic E-state index is 0.0533. The molecule has 3 unspecified atom stereocenters. The summed E-state index contributed by atoms with van der Waals surface area (Å²) in [6.45, 7) is 6.60. The summed E-state index contributed by atoms with van der Waals surface area (Å²) in [5.74, 6) is -2.77. The lowest BCUT2D eigenvalue weighted by molar-refractivity contribution is -0.922. The van der Waals surface area contributed by atoms with Crippen molar-refractivity contribution in [2.75, 3.05) is 51.3 Å². The van der Waals surface area contributed by atoms with Crippen molar-refractivity contribution in [2.45, 2.75) is 64.3 Å². The van der Waals surface area contributed by atoms with Crippen LogP contribution in [-0.2, 0) is 40.0 Å². The second kappa shape index (κ2) is 15.9. The van der Waals surface area contributed by atoms with Crippen molar-refractivity contribution in [1.29, 1.82) is 0 Å². The molecule has 1 aromatic carbocycles. The summed E-state index contributed by atoms with van der Waals surface area (Å²) in [6, 6.07) is 6.30. The van der Waals surface area contributed by atoms with Gasteiger partial charge in [-0.25, -0.2) is 0 Å². The molecule has 5 N–H and O–H groups in total. The SMILES string of the molecule is CC(C)C(NC(=O)CCN1C(=O)C=CC1=O)C(=O)NCC(=O)Nc1ccc(C[N+]2(CC(=O)NC3COCC(O)C3)CCCC2)cc1. The maximum Gasteiger partial charge on any atom is 0.275 e. The first-order chi connectivity index (χ1) is 21.9. The smallest absolute Gasteiger partial charge is 0.275 e. The maximum absolute atomic E-state index is 12.9. The molecule has 1 aromatic rings. The van der Waals surface area contributed by atoms with E-state index in [4.69, 9.17) is 4.74 Å². The summed E-state index contributed by atoms with van der Waals surface area (Å²) in [7, 11) is 0. The number of hydrogen-bond donors (Lipinski definition) is 5. The van der Waals surface area contributed by atoms with Crippen LogP contribution in [-0.4, -0.2) is 114 Å². The van der Waals surface area contributed by atoms with E-state index in [0.717, 1.165) is 48.5 Å². The summed E-state index contributed by atoms with van der Waals surface area (Å²) >= 11 is 0. The first-order valence-electron chi connectivity index (χ1n) is 15.8. The normalized spacial score (nSPS) is 21.3. The van der Waals surface area contributed by atoms with E-state index >= 15 is 0 Å². The number of ether oxygens (including phenoxy) is 1. The van der Waals surface area contributed by atoms with Gasteiger partial charge in [0.1, 0.15) is 12.6 Å². The number of aliphatic hydroxyl groups is 1. The zero-order valence-corrected chi connectivity index (χ0v) is 26.5. The minimum atomic E-state index is -0.909. The summed E-state index contributed by atoms with van der Waals surface area (Å²) in [4.78, 5) is 75.0. The molecule has 250 valence electrons. The Labute approximate surface area is 268 Å². The van der Waals surface area contributed by atoms with Gasteiger partial charge in [0.05, 0.1) is 45.0 Å². The Kier molecular flexibility index (Phi) is 12.0. The topological polar surface area (TPSA) is 183 Å². The van der Waals surface area contributed by atoms with Crippen molar-refractivity contribution >= 4 is 41.1 Å². The molecule has 3 aliphatic heterocycles. The molecule has 0 spiro atoms. The first kappa shape index (κ1) is 34.7. The molecule has 3 heterocycles. The molecule has 0 aliphatic carbocycles. The number of nitrogens with one attached hydrogen (secondary N) is 4. The number of imide groups is 1. The standard InChI is InChI=1S/C32H44N6O8/c1-21(2)31(36-26(40)11-12-37-29(43)9-10-30(37)44)32(45)33-16-27(41)34-23-7-5-22(6-8-23)17-38(13-3-4-14-38)18-28(42)35-24-15-25(39)20-46-19-24/h5-10,21,24-25,31,39H,3-4,11-20H2,1-2H3,(H3-,33,34,35,36,40,41,42,45)/p+1. The number of carbonyl (C=O) groups excluding carboxylic acids is 6. The highest BCUT2D eigenvalue weighted by atomic mass is 16.5. The number of quaternary nitrogens is 1. The van der Waals surface area contributed by atoms with E-state index in [-0.39, 0.29) is 37.4 Å². The van der Waals surface area contributed by atoms with Crippen LogP contribution in [0.25, 0.3) is 0 Å². The van der Waals surface area contributed by atoms with Gasteiger partial charge in [0.15, 0.2) is 6.54 Å². The Morgan fingerprint density at radius 1 is 0.978 bits per heavy atom. The predicted octanol–water partition coefficient (Wildman–Crippen LogP) is -0.426. The van der Waals surface area contributed by atoms with Crippen LogP contribution in [0.4, 0.5) is 5.69 Å². The van der Waals surface area contributed by atoms with E-state index in [1.165, 1.54) is 0 Å². The number of benzene rings is 1. The number of likely N-dealkylation sites (tertiary alicyclic amines) is 1. The molecule has 0 aromatic heterocycles. The molecular weight excluding hydrogens is 596 g/mol. The molecule has 3 atom stereocenters. The van der Waals surface area contributed by atoms with E-state index in [0.29, 0.717) is 42.9 Å². The summed E-state index contributed by atoms with van der Waals surface area (Å²) in [5, 5.41) is 20.8. The van der Waals surface area contributed by atoms with Crippen LogP contribution in [0.2, 0.25) is 0 Å². The molecule has 4 rings (SSSR count). The van der Waals surface area contributed by atoms with Gasteiger partial charge in [0, 0.05) is 49.2 Å². The largest absolute Gasteiger partial charge is 0.391 e.